The summed E-state index contributed by atoms with van der Waals surface area (Å²) in [5.74, 6) is -0.330. The van der Waals surface area contributed by atoms with E-state index in [1.165, 1.54) is 25.6 Å². The average molecular weight is 566 g/mol. The Morgan fingerprint density at radius 3 is 2.73 bits per heavy atom. The molecule has 1 aliphatic heterocycles. The second-order valence-electron chi connectivity index (χ2n) is 10.8. The van der Waals surface area contributed by atoms with Crippen molar-refractivity contribution in [3.05, 3.63) is 60.6 Å². The van der Waals surface area contributed by atoms with E-state index in [2.05, 4.69) is 44.6 Å². The first-order valence-corrected chi connectivity index (χ1v) is 15.8. The Morgan fingerprint density at radius 2 is 2.02 bits per heavy atom. The lowest BCUT2D eigenvalue weighted by atomic mass is 9.86. The van der Waals surface area contributed by atoms with Crippen LogP contribution >= 0.6 is 10.0 Å². The number of anilines is 1. The number of hydrogen-bond donors (Lipinski definition) is 0. The third-order valence-electron chi connectivity index (χ3n) is 7.07. The summed E-state index contributed by atoms with van der Waals surface area (Å²) >= 11 is 0. The summed E-state index contributed by atoms with van der Waals surface area (Å²) in [7, 11) is 0.599. The average Bonchev–Trinajstić information content (AvgIpc) is 3.55. The van der Waals surface area contributed by atoms with Crippen LogP contribution in [-0.4, -0.2) is 81.6 Å². The number of fused-ring (bicyclic) bond motifs is 1. The first-order chi connectivity index (χ1) is 19.1. The highest BCUT2D eigenvalue weighted by molar-refractivity contribution is 8.32. The molecular weight excluding hydrogens is 533 g/mol. The van der Waals surface area contributed by atoms with Crippen LogP contribution in [0.15, 0.2) is 49.2 Å². The van der Waals surface area contributed by atoms with Gasteiger partial charge in [-0.1, -0.05) is 0 Å². The minimum atomic E-state index is -0.723. The van der Waals surface area contributed by atoms with Crippen molar-refractivity contribution in [2.45, 2.75) is 18.7 Å². The Bertz CT molecular complexity index is 1580. The van der Waals surface area contributed by atoms with Crippen molar-refractivity contribution in [2.75, 3.05) is 56.2 Å². The van der Waals surface area contributed by atoms with Gasteiger partial charge in [-0.3, -0.25) is 4.68 Å². The smallest absolute Gasteiger partial charge is 0.340 e. The molecule has 1 saturated heterocycles. The molecule has 0 N–H and O–H groups in total. The predicted molar refractivity (Wildman–Crippen MR) is 153 cm³/mol. The zero-order valence-electron chi connectivity index (χ0n) is 23.0. The number of nitriles is 1. The molecule has 1 aliphatic rings. The third kappa shape index (κ3) is 5.39. The van der Waals surface area contributed by atoms with Crippen molar-refractivity contribution in [1.29, 1.82) is 5.26 Å². The van der Waals surface area contributed by atoms with Crippen molar-refractivity contribution in [1.82, 2.24) is 24.3 Å². The van der Waals surface area contributed by atoms with Crippen LogP contribution in [0.1, 0.15) is 16.8 Å². The molecule has 4 aromatic rings. The number of esters is 1. The van der Waals surface area contributed by atoms with Crippen LogP contribution in [0.3, 0.4) is 0 Å². The lowest BCUT2D eigenvalue weighted by molar-refractivity contribution is 0.0595. The van der Waals surface area contributed by atoms with Crippen LogP contribution in [0.2, 0.25) is 0 Å². The van der Waals surface area contributed by atoms with Crippen LogP contribution in [0, 0.1) is 17.1 Å². The molecule has 0 bridgehead atoms. The molecule has 0 amide bonds. The van der Waals surface area contributed by atoms with E-state index in [-0.39, 0.29) is 12.0 Å². The molecular formula is C28H32FN7O3S. The second-order valence-corrected chi connectivity index (χ2v) is 15.4. The first-order valence-electron chi connectivity index (χ1n) is 12.7. The van der Waals surface area contributed by atoms with E-state index in [9.17, 15) is 14.4 Å². The molecule has 210 valence electrons. The fraction of sp³-hybridized carbons (Fsp3) is 0.393. The molecule has 5 rings (SSSR count). The van der Waals surface area contributed by atoms with Crippen molar-refractivity contribution < 1.29 is 18.7 Å². The highest BCUT2D eigenvalue weighted by atomic mass is 32.3. The monoisotopic (exact) mass is 565 g/mol. The van der Waals surface area contributed by atoms with E-state index in [0.29, 0.717) is 32.1 Å². The minimum Gasteiger partial charge on any atom is -0.465 e. The van der Waals surface area contributed by atoms with Gasteiger partial charge >= 0.3 is 5.97 Å². The minimum absolute atomic E-state index is 0.116. The topological polar surface area (TPSA) is 111 Å². The maximum Gasteiger partial charge on any atom is 0.340 e. The lowest BCUT2D eigenvalue weighted by Crippen LogP contribution is -2.63. The van der Waals surface area contributed by atoms with Crippen molar-refractivity contribution in [3.8, 4) is 17.3 Å². The van der Waals surface area contributed by atoms with Gasteiger partial charge in [-0.2, -0.15) is 10.4 Å². The van der Waals surface area contributed by atoms with Gasteiger partial charge in [0.15, 0.2) is 0 Å². The van der Waals surface area contributed by atoms with E-state index >= 15 is 0 Å². The second kappa shape index (κ2) is 10.9. The molecule has 1 aromatic carbocycles. The standard InChI is InChI=1S/C28H32FN7O3S/c1-38-27(37)22-6-5-21(13-24(22)29)35-16-28(17-35,8-9-30)36-15-20(14-33-36)25-23-7-10-34(26(23)32-18-31-25)19-39-11-12-40(2,3)4/h5-7,10,13-15,18H,8,11-12,16-17,19H2,1-4H3. The van der Waals surface area contributed by atoms with Gasteiger partial charge < -0.3 is 18.9 Å². The van der Waals surface area contributed by atoms with E-state index in [0.717, 1.165) is 28.0 Å². The van der Waals surface area contributed by atoms with Gasteiger partial charge in [-0.15, -0.1) is 0 Å². The highest BCUT2D eigenvalue weighted by Gasteiger charge is 2.46. The van der Waals surface area contributed by atoms with Gasteiger partial charge in [0.25, 0.3) is 0 Å². The molecule has 0 aliphatic carbocycles. The van der Waals surface area contributed by atoms with Crippen molar-refractivity contribution >= 4 is 32.7 Å². The maximum atomic E-state index is 14.5. The summed E-state index contributed by atoms with van der Waals surface area (Å²) in [5.41, 5.74) is 2.26. The third-order valence-corrected chi connectivity index (χ3v) is 8.46. The SMILES string of the molecule is COC(=O)c1ccc(N2CC(CC#N)(n3cc(-c4ncnc5c4ccn5COCCS(C)(C)C)cn3)C2)cc1F. The number of carbonyl (C=O) groups excluding carboxylic acids is 1. The number of rotatable bonds is 10. The van der Waals surface area contributed by atoms with Crippen LogP contribution in [0.4, 0.5) is 10.1 Å². The number of halogens is 1. The Kier molecular flexibility index (Phi) is 7.53. The molecule has 12 heteroatoms. The highest BCUT2D eigenvalue weighted by Crippen LogP contribution is 2.38. The molecule has 0 radical (unpaired) electrons. The number of ether oxygens (including phenoxy) is 2. The molecule has 10 nitrogen and oxygen atoms in total. The Labute approximate surface area is 233 Å². The number of nitrogens with zero attached hydrogens (tertiary/aromatic N) is 7. The van der Waals surface area contributed by atoms with Crippen LogP contribution in [0.5, 0.6) is 0 Å². The number of methoxy groups -OCH3 is 1. The fourth-order valence-corrected chi connectivity index (χ4v) is 5.44. The summed E-state index contributed by atoms with van der Waals surface area (Å²) < 4.78 is 28.8. The van der Waals surface area contributed by atoms with Gasteiger partial charge in [0, 0.05) is 47.9 Å². The van der Waals surface area contributed by atoms with Gasteiger partial charge in [0.05, 0.1) is 43.7 Å². The molecule has 0 spiro atoms. The van der Waals surface area contributed by atoms with Crippen LogP contribution in [-0.2, 0) is 21.7 Å². The molecule has 0 unspecified atom stereocenters. The molecule has 4 heterocycles. The predicted octanol–water partition coefficient (Wildman–Crippen LogP) is 4.02. The van der Waals surface area contributed by atoms with Gasteiger partial charge in [0.2, 0.25) is 0 Å². The maximum absolute atomic E-state index is 14.5. The van der Waals surface area contributed by atoms with Crippen molar-refractivity contribution in [2.24, 2.45) is 0 Å². The number of hydrogen-bond acceptors (Lipinski definition) is 8. The van der Waals surface area contributed by atoms with Gasteiger partial charge in [-0.25, -0.2) is 29.2 Å². The van der Waals surface area contributed by atoms with Crippen molar-refractivity contribution in [3.63, 3.8) is 0 Å². The first kappa shape index (κ1) is 27.6. The molecule has 1 fully saturated rings. The number of carbonyl (C=O) groups is 1. The Morgan fingerprint density at radius 1 is 1.23 bits per heavy atom. The van der Waals surface area contributed by atoms with E-state index in [4.69, 9.17) is 4.74 Å². The van der Waals surface area contributed by atoms with E-state index in [1.807, 2.05) is 32.6 Å². The molecule has 40 heavy (non-hydrogen) atoms. The largest absolute Gasteiger partial charge is 0.465 e. The summed E-state index contributed by atoms with van der Waals surface area (Å²) in [6.45, 7) is 2.03. The van der Waals surface area contributed by atoms with Crippen LogP contribution < -0.4 is 4.90 Å². The summed E-state index contributed by atoms with van der Waals surface area (Å²) in [6.07, 6.45) is 14.2. The Balaban J connectivity index is 1.34. The fourth-order valence-electron chi connectivity index (χ4n) is 4.82. The van der Waals surface area contributed by atoms with Gasteiger partial charge in [0.1, 0.15) is 30.1 Å². The zero-order chi connectivity index (χ0) is 28.5. The lowest BCUT2D eigenvalue weighted by Gasteiger charge is -2.50. The quantitative estimate of drug-likeness (QED) is 0.209. The number of aromatic nitrogens is 5. The molecule has 0 saturated carbocycles. The summed E-state index contributed by atoms with van der Waals surface area (Å²) in [4.78, 5) is 22.7. The molecule has 3 aromatic heterocycles. The van der Waals surface area contributed by atoms with E-state index in [1.54, 1.807) is 12.3 Å². The summed E-state index contributed by atoms with van der Waals surface area (Å²) in [6, 6.07) is 8.65. The summed E-state index contributed by atoms with van der Waals surface area (Å²) in [5, 5.41) is 15.1. The number of benzene rings is 1. The Hall–Kier alpha value is -3.95. The van der Waals surface area contributed by atoms with Crippen LogP contribution in [0.25, 0.3) is 22.3 Å². The van der Waals surface area contributed by atoms with E-state index < -0.39 is 27.4 Å². The molecule has 0 atom stereocenters. The zero-order valence-corrected chi connectivity index (χ0v) is 23.8. The van der Waals surface area contributed by atoms with Gasteiger partial charge in [-0.05, 0) is 43.0 Å². The normalized spacial score (nSPS) is 15.1.